The number of carbonyl (C=O) groups excluding carboxylic acids is 2. The second-order valence-electron chi connectivity index (χ2n) is 7.14. The van der Waals surface area contributed by atoms with Crippen LogP contribution >= 0.6 is 0 Å². The van der Waals surface area contributed by atoms with Gasteiger partial charge in [-0.05, 0) is 35.4 Å². The Morgan fingerprint density at radius 2 is 1.78 bits per heavy atom. The third-order valence-corrected chi connectivity index (χ3v) is 5.16. The van der Waals surface area contributed by atoms with Gasteiger partial charge in [0.25, 0.3) is 17.4 Å². The summed E-state index contributed by atoms with van der Waals surface area (Å²) >= 11 is 0. The highest BCUT2D eigenvalue weighted by Crippen LogP contribution is 2.40. The van der Waals surface area contributed by atoms with E-state index < -0.39 is 34.2 Å². The predicted octanol–water partition coefficient (Wildman–Crippen LogP) is 3.75. The summed E-state index contributed by atoms with van der Waals surface area (Å²) < 4.78 is 13.5. The Bertz CT molecular complexity index is 1240. The topological polar surface area (TPSA) is 114 Å². The molecule has 1 N–H and O–H groups in total. The normalized spacial score (nSPS) is 17.5. The van der Waals surface area contributed by atoms with E-state index in [4.69, 9.17) is 0 Å². The number of aliphatic hydroxyl groups is 1. The van der Waals surface area contributed by atoms with Gasteiger partial charge in [-0.1, -0.05) is 24.3 Å². The van der Waals surface area contributed by atoms with Gasteiger partial charge < -0.3 is 10.0 Å². The minimum Gasteiger partial charge on any atom is -0.507 e. The van der Waals surface area contributed by atoms with E-state index in [0.29, 0.717) is 11.1 Å². The van der Waals surface area contributed by atoms with Crippen molar-refractivity contribution in [2.45, 2.75) is 12.6 Å². The molecule has 4 rings (SSSR count). The van der Waals surface area contributed by atoms with Gasteiger partial charge in [0.15, 0.2) is 0 Å². The Morgan fingerprint density at radius 3 is 2.44 bits per heavy atom. The van der Waals surface area contributed by atoms with Gasteiger partial charge in [0.1, 0.15) is 11.6 Å². The number of ketones is 1. The molecule has 1 atom stereocenters. The summed E-state index contributed by atoms with van der Waals surface area (Å²) in [4.78, 5) is 41.6. The Labute approximate surface area is 181 Å². The zero-order valence-electron chi connectivity index (χ0n) is 16.5. The number of hydrogen-bond donors (Lipinski definition) is 1. The molecule has 1 aromatic heterocycles. The van der Waals surface area contributed by atoms with Gasteiger partial charge >= 0.3 is 0 Å². The van der Waals surface area contributed by atoms with E-state index in [-0.39, 0.29) is 23.4 Å². The first-order chi connectivity index (χ1) is 15.4. The smallest absolute Gasteiger partial charge is 0.295 e. The van der Waals surface area contributed by atoms with Crippen LogP contribution < -0.4 is 0 Å². The number of pyridine rings is 1. The summed E-state index contributed by atoms with van der Waals surface area (Å²) in [5, 5.41) is 22.1. The molecule has 1 aliphatic heterocycles. The number of nitrogens with zero attached hydrogens (tertiary/aromatic N) is 3. The molecule has 32 heavy (non-hydrogen) atoms. The third kappa shape index (κ3) is 3.83. The standard InChI is InChI=1S/C23H16FN3O5/c24-17-6-4-15(5-7-17)20-19(21(28)16-2-1-3-18(12-16)27(31)32)22(29)23(30)26(20)13-14-8-10-25-11-9-14/h1-12,20,28H,13H2/b21-19-. The van der Waals surface area contributed by atoms with Gasteiger partial charge in [-0.2, -0.15) is 0 Å². The Balaban J connectivity index is 1.87. The number of benzene rings is 2. The van der Waals surface area contributed by atoms with E-state index in [9.17, 15) is 29.2 Å². The average molecular weight is 433 g/mol. The van der Waals surface area contributed by atoms with E-state index in [1.54, 1.807) is 24.5 Å². The van der Waals surface area contributed by atoms with Gasteiger partial charge in [-0.3, -0.25) is 24.7 Å². The number of aromatic nitrogens is 1. The van der Waals surface area contributed by atoms with Gasteiger partial charge in [0.2, 0.25) is 0 Å². The first kappa shape index (κ1) is 20.9. The molecular formula is C23H16FN3O5. The third-order valence-electron chi connectivity index (χ3n) is 5.16. The molecule has 0 saturated carbocycles. The quantitative estimate of drug-likeness (QED) is 0.216. The lowest BCUT2D eigenvalue weighted by Gasteiger charge is -2.25. The van der Waals surface area contributed by atoms with E-state index in [1.165, 1.54) is 47.4 Å². The van der Waals surface area contributed by atoms with E-state index >= 15 is 0 Å². The zero-order valence-corrected chi connectivity index (χ0v) is 16.5. The van der Waals surface area contributed by atoms with Crippen molar-refractivity contribution in [3.63, 3.8) is 0 Å². The van der Waals surface area contributed by atoms with Crippen LogP contribution in [0.2, 0.25) is 0 Å². The highest BCUT2D eigenvalue weighted by atomic mass is 19.1. The summed E-state index contributed by atoms with van der Waals surface area (Å²) in [6.07, 6.45) is 3.09. The van der Waals surface area contributed by atoms with Crippen LogP contribution in [0.5, 0.6) is 0 Å². The number of hydrogen-bond acceptors (Lipinski definition) is 6. The van der Waals surface area contributed by atoms with Crippen molar-refractivity contribution < 1.29 is 24.0 Å². The van der Waals surface area contributed by atoms with Crippen LogP contribution in [0.3, 0.4) is 0 Å². The van der Waals surface area contributed by atoms with Crippen LogP contribution in [0.1, 0.15) is 22.7 Å². The molecule has 1 amide bonds. The average Bonchev–Trinajstić information content (AvgIpc) is 3.05. The molecule has 0 bridgehead atoms. The van der Waals surface area contributed by atoms with Crippen molar-refractivity contribution in [2.75, 3.05) is 0 Å². The highest BCUT2D eigenvalue weighted by Gasteiger charge is 2.46. The second-order valence-corrected chi connectivity index (χ2v) is 7.14. The van der Waals surface area contributed by atoms with Crippen molar-refractivity contribution in [2.24, 2.45) is 0 Å². The monoisotopic (exact) mass is 433 g/mol. The van der Waals surface area contributed by atoms with Crippen molar-refractivity contribution in [1.29, 1.82) is 0 Å². The maximum absolute atomic E-state index is 13.5. The van der Waals surface area contributed by atoms with Gasteiger partial charge in [0, 0.05) is 36.6 Å². The molecule has 2 aromatic carbocycles. The molecule has 3 aromatic rings. The molecule has 1 saturated heterocycles. The Kier molecular flexibility index (Phi) is 5.46. The maximum atomic E-state index is 13.5. The molecule has 1 aliphatic rings. The molecule has 0 aliphatic carbocycles. The SMILES string of the molecule is O=C1C(=O)N(Cc2ccncc2)C(c2ccc(F)cc2)/C1=C(/O)c1cccc([N+](=O)[O-])c1. The van der Waals surface area contributed by atoms with Crippen molar-refractivity contribution in [3.05, 3.63) is 111 Å². The van der Waals surface area contributed by atoms with E-state index in [2.05, 4.69) is 4.98 Å². The summed E-state index contributed by atoms with van der Waals surface area (Å²) in [5.41, 5.74) is 0.624. The number of likely N-dealkylation sites (tertiary alicyclic amines) is 1. The number of Topliss-reactive ketones (excluding diaryl/α,β-unsaturated/α-hetero) is 1. The van der Waals surface area contributed by atoms with Gasteiger partial charge in [0.05, 0.1) is 16.5 Å². The molecular weight excluding hydrogens is 417 g/mol. The van der Waals surface area contributed by atoms with Crippen LogP contribution in [0.4, 0.5) is 10.1 Å². The van der Waals surface area contributed by atoms with Crippen molar-refractivity contribution in [1.82, 2.24) is 9.88 Å². The fraction of sp³-hybridized carbons (Fsp3) is 0.0870. The van der Waals surface area contributed by atoms with Gasteiger partial charge in [-0.15, -0.1) is 0 Å². The first-order valence-electron chi connectivity index (χ1n) is 9.54. The Hall–Kier alpha value is -4.40. The molecule has 0 spiro atoms. The maximum Gasteiger partial charge on any atom is 0.295 e. The number of halogens is 1. The van der Waals surface area contributed by atoms with Crippen molar-refractivity contribution >= 4 is 23.1 Å². The zero-order chi connectivity index (χ0) is 22.8. The number of aliphatic hydroxyl groups excluding tert-OH is 1. The fourth-order valence-electron chi connectivity index (χ4n) is 3.64. The van der Waals surface area contributed by atoms with E-state index in [1.807, 2.05) is 0 Å². The minimum absolute atomic E-state index is 0.0215. The molecule has 0 radical (unpaired) electrons. The number of nitro groups is 1. The summed E-state index contributed by atoms with van der Waals surface area (Å²) in [5.74, 6) is -2.82. The lowest BCUT2D eigenvalue weighted by Crippen LogP contribution is -2.29. The lowest BCUT2D eigenvalue weighted by atomic mass is 9.95. The van der Waals surface area contributed by atoms with Crippen LogP contribution in [0, 0.1) is 15.9 Å². The van der Waals surface area contributed by atoms with Crippen LogP contribution in [0.25, 0.3) is 5.76 Å². The lowest BCUT2D eigenvalue weighted by molar-refractivity contribution is -0.384. The van der Waals surface area contributed by atoms with Gasteiger partial charge in [-0.25, -0.2) is 4.39 Å². The second kappa shape index (κ2) is 8.38. The van der Waals surface area contributed by atoms with Crippen LogP contribution in [-0.4, -0.2) is 31.6 Å². The highest BCUT2D eigenvalue weighted by molar-refractivity contribution is 6.46. The number of rotatable bonds is 5. The van der Waals surface area contributed by atoms with Crippen molar-refractivity contribution in [3.8, 4) is 0 Å². The number of carbonyl (C=O) groups is 2. The summed E-state index contributed by atoms with van der Waals surface area (Å²) in [6.45, 7) is 0.0425. The van der Waals surface area contributed by atoms with Crippen LogP contribution in [0.15, 0.2) is 78.6 Å². The molecule has 1 unspecified atom stereocenters. The minimum atomic E-state index is -1.01. The Morgan fingerprint density at radius 1 is 1.09 bits per heavy atom. The number of amides is 1. The van der Waals surface area contributed by atoms with E-state index in [0.717, 1.165) is 6.07 Å². The predicted molar refractivity (Wildman–Crippen MR) is 112 cm³/mol. The molecule has 8 nitrogen and oxygen atoms in total. The molecule has 9 heteroatoms. The summed E-state index contributed by atoms with van der Waals surface area (Å²) in [7, 11) is 0. The number of non-ortho nitro benzene ring substituents is 1. The molecule has 160 valence electrons. The largest absolute Gasteiger partial charge is 0.507 e. The fourth-order valence-corrected chi connectivity index (χ4v) is 3.64. The first-order valence-corrected chi connectivity index (χ1v) is 9.54. The van der Waals surface area contributed by atoms with Crippen LogP contribution in [-0.2, 0) is 16.1 Å². The summed E-state index contributed by atoms with van der Waals surface area (Å²) in [6, 6.07) is 12.7. The molecule has 1 fully saturated rings. The molecule has 2 heterocycles. The number of nitro benzene ring substituents is 1.